The average molecular weight is 284 g/mol. The zero-order chi connectivity index (χ0) is 14.0. The zero-order valence-electron chi connectivity index (χ0n) is 10.3. The van der Waals surface area contributed by atoms with Crippen LogP contribution in [0.15, 0.2) is 23.2 Å². The van der Waals surface area contributed by atoms with E-state index in [1.807, 2.05) is 0 Å². The van der Waals surface area contributed by atoms with Crippen LogP contribution in [0.2, 0.25) is 0 Å². The number of sulfonamides is 1. The van der Waals surface area contributed by atoms with Gasteiger partial charge in [0.25, 0.3) is 0 Å². The Hall–Kier alpha value is -1.67. The van der Waals surface area contributed by atoms with Crippen LogP contribution in [0.1, 0.15) is 12.8 Å². The first-order chi connectivity index (χ1) is 8.91. The molecule has 1 aromatic rings. The number of carbonyl (C=O) groups excluding carboxylic acids is 1. The predicted molar refractivity (Wildman–Crippen MR) is 69.3 cm³/mol. The number of pyridine rings is 1. The van der Waals surface area contributed by atoms with Crippen LogP contribution in [-0.4, -0.2) is 36.7 Å². The van der Waals surface area contributed by atoms with Gasteiger partial charge in [0, 0.05) is 19.3 Å². The molecule has 4 N–H and O–H groups in total. The summed E-state index contributed by atoms with van der Waals surface area (Å²) in [5.41, 5.74) is 10.7. The van der Waals surface area contributed by atoms with Gasteiger partial charge in [-0.05, 0) is 25.0 Å². The van der Waals surface area contributed by atoms with Crippen LogP contribution in [0.3, 0.4) is 0 Å². The molecule has 1 saturated heterocycles. The van der Waals surface area contributed by atoms with Crippen molar-refractivity contribution in [3.8, 4) is 0 Å². The SMILES string of the molecule is NC(=O)C1CCCN(S(=O)(=O)c2ccc(N)nc2)C1. The first kappa shape index (κ1) is 13.8. The third-order valence-corrected chi connectivity index (χ3v) is 5.03. The lowest BCUT2D eigenvalue weighted by Gasteiger charge is -2.30. The number of hydrogen-bond acceptors (Lipinski definition) is 5. The molecule has 7 nitrogen and oxygen atoms in total. The van der Waals surface area contributed by atoms with Gasteiger partial charge in [-0.15, -0.1) is 0 Å². The molecule has 1 atom stereocenters. The molecule has 1 fully saturated rings. The molecule has 0 aliphatic carbocycles. The fourth-order valence-electron chi connectivity index (χ4n) is 2.09. The molecule has 1 aliphatic heterocycles. The number of nitrogens with two attached hydrogens (primary N) is 2. The van der Waals surface area contributed by atoms with E-state index in [1.54, 1.807) is 0 Å². The molecular weight excluding hydrogens is 268 g/mol. The second kappa shape index (κ2) is 5.14. The van der Waals surface area contributed by atoms with Crippen molar-refractivity contribution in [3.05, 3.63) is 18.3 Å². The van der Waals surface area contributed by atoms with Gasteiger partial charge in [0.1, 0.15) is 10.7 Å². The predicted octanol–water partition coefficient (Wildman–Crippen LogP) is -0.450. The van der Waals surface area contributed by atoms with Crippen molar-refractivity contribution in [1.29, 1.82) is 0 Å². The number of hydrogen-bond donors (Lipinski definition) is 2. The Morgan fingerprint density at radius 3 is 2.74 bits per heavy atom. The van der Waals surface area contributed by atoms with Crippen molar-refractivity contribution in [3.63, 3.8) is 0 Å². The van der Waals surface area contributed by atoms with E-state index in [1.165, 1.54) is 22.6 Å². The maximum Gasteiger partial charge on any atom is 0.244 e. The number of primary amides is 1. The van der Waals surface area contributed by atoms with Gasteiger partial charge in [0.15, 0.2) is 0 Å². The molecule has 1 amide bonds. The van der Waals surface area contributed by atoms with Crippen LogP contribution in [0.4, 0.5) is 5.82 Å². The highest BCUT2D eigenvalue weighted by Crippen LogP contribution is 2.23. The van der Waals surface area contributed by atoms with Crippen molar-refractivity contribution in [2.45, 2.75) is 17.7 Å². The minimum atomic E-state index is -3.64. The maximum absolute atomic E-state index is 12.4. The summed E-state index contributed by atoms with van der Waals surface area (Å²) in [6.45, 7) is 0.512. The fraction of sp³-hybridized carbons (Fsp3) is 0.455. The number of nitrogens with zero attached hydrogens (tertiary/aromatic N) is 2. The standard InChI is InChI=1S/C11H16N4O3S/c12-10-4-3-9(6-14-10)19(17,18)15-5-1-2-8(7-15)11(13)16/h3-4,6,8H,1-2,5,7H2,(H2,12,14)(H2,13,16). The molecular formula is C11H16N4O3S. The van der Waals surface area contributed by atoms with Gasteiger partial charge in [0.2, 0.25) is 15.9 Å². The van der Waals surface area contributed by atoms with Gasteiger partial charge in [-0.3, -0.25) is 4.79 Å². The van der Waals surface area contributed by atoms with Crippen LogP contribution in [0, 0.1) is 5.92 Å². The first-order valence-corrected chi connectivity index (χ1v) is 7.36. The molecule has 1 aromatic heterocycles. The molecule has 0 spiro atoms. The number of amides is 1. The topological polar surface area (TPSA) is 119 Å². The van der Waals surface area contributed by atoms with Gasteiger partial charge in [-0.25, -0.2) is 13.4 Å². The van der Waals surface area contributed by atoms with Gasteiger partial charge < -0.3 is 11.5 Å². The van der Waals surface area contributed by atoms with Crippen molar-refractivity contribution in [2.75, 3.05) is 18.8 Å². The molecule has 0 aromatic carbocycles. The highest BCUT2D eigenvalue weighted by atomic mass is 32.2. The largest absolute Gasteiger partial charge is 0.384 e. The molecule has 0 bridgehead atoms. The Bertz CT molecular complexity index is 570. The summed E-state index contributed by atoms with van der Waals surface area (Å²) in [5.74, 6) is -0.631. The third-order valence-electron chi connectivity index (χ3n) is 3.18. The number of carbonyl (C=O) groups is 1. The summed E-state index contributed by atoms with van der Waals surface area (Å²) in [6, 6.07) is 2.84. The van der Waals surface area contributed by atoms with E-state index in [0.29, 0.717) is 19.4 Å². The van der Waals surface area contributed by atoms with Crippen molar-refractivity contribution < 1.29 is 13.2 Å². The van der Waals surface area contributed by atoms with Crippen molar-refractivity contribution in [1.82, 2.24) is 9.29 Å². The summed E-state index contributed by atoms with van der Waals surface area (Å²) < 4.78 is 26.0. The Morgan fingerprint density at radius 1 is 1.42 bits per heavy atom. The quantitative estimate of drug-likeness (QED) is 0.779. The lowest BCUT2D eigenvalue weighted by Crippen LogP contribution is -2.44. The average Bonchev–Trinajstić information content (AvgIpc) is 2.39. The second-order valence-electron chi connectivity index (χ2n) is 4.52. The molecule has 2 heterocycles. The minimum absolute atomic E-state index is 0.0758. The fourth-order valence-corrected chi connectivity index (χ4v) is 3.56. The van der Waals surface area contributed by atoms with Crippen molar-refractivity contribution in [2.24, 2.45) is 11.7 Å². The van der Waals surface area contributed by atoms with Crippen LogP contribution in [-0.2, 0) is 14.8 Å². The number of nitrogen functional groups attached to an aromatic ring is 1. The highest BCUT2D eigenvalue weighted by Gasteiger charge is 2.32. The molecule has 2 rings (SSSR count). The monoisotopic (exact) mass is 284 g/mol. The Balaban J connectivity index is 2.24. The van der Waals surface area contributed by atoms with Crippen LogP contribution < -0.4 is 11.5 Å². The number of rotatable bonds is 3. The van der Waals surface area contributed by atoms with E-state index < -0.39 is 21.8 Å². The molecule has 1 aliphatic rings. The zero-order valence-corrected chi connectivity index (χ0v) is 11.1. The van der Waals surface area contributed by atoms with Crippen LogP contribution in [0.5, 0.6) is 0 Å². The van der Waals surface area contributed by atoms with E-state index in [0.717, 1.165) is 0 Å². The minimum Gasteiger partial charge on any atom is -0.384 e. The summed E-state index contributed by atoms with van der Waals surface area (Å²) in [7, 11) is -3.64. The van der Waals surface area contributed by atoms with E-state index in [2.05, 4.69) is 4.98 Å². The van der Waals surface area contributed by atoms with Gasteiger partial charge >= 0.3 is 0 Å². The van der Waals surface area contributed by atoms with E-state index in [-0.39, 0.29) is 17.3 Å². The number of anilines is 1. The second-order valence-corrected chi connectivity index (χ2v) is 6.46. The summed E-state index contributed by atoms with van der Waals surface area (Å²) in [5, 5.41) is 0. The first-order valence-electron chi connectivity index (χ1n) is 5.92. The Kier molecular flexibility index (Phi) is 3.72. The maximum atomic E-state index is 12.4. The lowest BCUT2D eigenvalue weighted by atomic mass is 9.99. The molecule has 8 heteroatoms. The summed E-state index contributed by atoms with van der Waals surface area (Å²) in [6.07, 6.45) is 2.47. The van der Waals surface area contributed by atoms with Gasteiger partial charge in [-0.2, -0.15) is 4.31 Å². The summed E-state index contributed by atoms with van der Waals surface area (Å²) in [4.78, 5) is 15.0. The molecule has 104 valence electrons. The van der Waals surface area contributed by atoms with Crippen LogP contribution in [0.25, 0.3) is 0 Å². The molecule has 19 heavy (non-hydrogen) atoms. The van der Waals surface area contributed by atoms with Crippen molar-refractivity contribution >= 4 is 21.7 Å². The Labute approximate surface area is 111 Å². The van der Waals surface area contributed by atoms with E-state index in [9.17, 15) is 13.2 Å². The smallest absolute Gasteiger partial charge is 0.244 e. The van der Waals surface area contributed by atoms with E-state index in [4.69, 9.17) is 11.5 Å². The molecule has 0 saturated carbocycles. The van der Waals surface area contributed by atoms with E-state index >= 15 is 0 Å². The lowest BCUT2D eigenvalue weighted by molar-refractivity contribution is -0.122. The molecule has 1 unspecified atom stereocenters. The number of aromatic nitrogens is 1. The third kappa shape index (κ3) is 2.85. The normalized spacial score (nSPS) is 21.2. The van der Waals surface area contributed by atoms with Gasteiger partial charge in [0.05, 0.1) is 5.92 Å². The Morgan fingerprint density at radius 2 is 2.16 bits per heavy atom. The number of piperidine rings is 1. The highest BCUT2D eigenvalue weighted by molar-refractivity contribution is 7.89. The van der Waals surface area contributed by atoms with Gasteiger partial charge in [-0.1, -0.05) is 0 Å². The molecule has 0 radical (unpaired) electrons. The van der Waals surface area contributed by atoms with Crippen LogP contribution >= 0.6 is 0 Å². The summed E-state index contributed by atoms with van der Waals surface area (Å²) >= 11 is 0.